The van der Waals surface area contributed by atoms with Crippen LogP contribution >= 0.6 is 0 Å². The third-order valence-corrected chi connectivity index (χ3v) is 2.26. The summed E-state index contributed by atoms with van der Waals surface area (Å²) in [5.74, 6) is 0.411. The molecule has 0 fully saturated rings. The number of hydrogen-bond donors (Lipinski definition) is 2. The summed E-state index contributed by atoms with van der Waals surface area (Å²) in [5, 5.41) is 19.6. The first-order valence-electron chi connectivity index (χ1n) is 5.22. The summed E-state index contributed by atoms with van der Waals surface area (Å²) in [7, 11) is 0. The molecule has 1 aromatic carbocycles. The molecular formula is C14H18O2. The molecule has 1 rings (SSSR count). The van der Waals surface area contributed by atoms with Gasteiger partial charge in [0, 0.05) is 11.1 Å². The summed E-state index contributed by atoms with van der Waals surface area (Å²) in [6.07, 6.45) is 1.15. The molecule has 2 heteroatoms. The minimum Gasteiger partial charge on any atom is -0.508 e. The zero-order chi connectivity index (χ0) is 12.3. The molecule has 0 saturated heterocycles. The van der Waals surface area contributed by atoms with Gasteiger partial charge in [0.05, 0.1) is 0 Å². The Balaban J connectivity index is 3.06. The minimum atomic E-state index is 0.206. The topological polar surface area (TPSA) is 40.5 Å². The van der Waals surface area contributed by atoms with Crippen LogP contribution in [0.4, 0.5) is 0 Å². The number of aromatic hydroxyl groups is 2. The van der Waals surface area contributed by atoms with Crippen LogP contribution < -0.4 is 0 Å². The van der Waals surface area contributed by atoms with Crippen LogP contribution in [0, 0.1) is 0 Å². The van der Waals surface area contributed by atoms with E-state index >= 15 is 0 Å². The van der Waals surface area contributed by atoms with Crippen molar-refractivity contribution in [1.82, 2.24) is 0 Å². The summed E-state index contributed by atoms with van der Waals surface area (Å²) in [6, 6.07) is 3.20. The van der Waals surface area contributed by atoms with Crippen molar-refractivity contribution in [2.45, 2.75) is 26.7 Å². The molecule has 0 radical (unpaired) electrons. The lowest BCUT2D eigenvalue weighted by Crippen LogP contribution is -1.92. The molecule has 0 bridgehead atoms. The monoisotopic (exact) mass is 218 g/mol. The molecule has 0 atom stereocenters. The highest BCUT2D eigenvalue weighted by Gasteiger charge is 2.08. The molecular weight excluding hydrogens is 200 g/mol. The van der Waals surface area contributed by atoms with Crippen molar-refractivity contribution < 1.29 is 10.2 Å². The first-order chi connectivity index (χ1) is 7.40. The van der Waals surface area contributed by atoms with E-state index in [-0.39, 0.29) is 11.5 Å². The van der Waals surface area contributed by atoms with E-state index in [4.69, 9.17) is 0 Å². The van der Waals surface area contributed by atoms with Crippen LogP contribution in [-0.2, 0) is 12.8 Å². The highest BCUT2D eigenvalue weighted by Crippen LogP contribution is 2.29. The number of rotatable bonds is 4. The Morgan fingerprint density at radius 1 is 0.938 bits per heavy atom. The number of hydrogen-bond acceptors (Lipinski definition) is 2. The van der Waals surface area contributed by atoms with Gasteiger partial charge >= 0.3 is 0 Å². The van der Waals surface area contributed by atoms with Crippen molar-refractivity contribution >= 4 is 0 Å². The van der Waals surface area contributed by atoms with Crippen LogP contribution in [0.15, 0.2) is 36.4 Å². The van der Waals surface area contributed by atoms with E-state index in [9.17, 15) is 10.2 Å². The molecule has 0 amide bonds. The Bertz CT molecular complexity index is 389. The van der Waals surface area contributed by atoms with Crippen LogP contribution in [-0.4, -0.2) is 10.2 Å². The highest BCUT2D eigenvalue weighted by atomic mass is 16.3. The summed E-state index contributed by atoms with van der Waals surface area (Å²) >= 11 is 0. The Morgan fingerprint density at radius 3 is 1.50 bits per heavy atom. The summed E-state index contributed by atoms with van der Waals surface area (Å²) < 4.78 is 0. The highest BCUT2D eigenvalue weighted by molar-refractivity contribution is 5.47. The average molecular weight is 218 g/mol. The molecule has 0 unspecified atom stereocenters. The number of benzene rings is 1. The molecule has 86 valence electrons. The molecule has 0 aromatic heterocycles. The van der Waals surface area contributed by atoms with E-state index in [1.54, 1.807) is 12.1 Å². The van der Waals surface area contributed by atoms with Gasteiger partial charge in [0.2, 0.25) is 0 Å². The third-order valence-electron chi connectivity index (χ3n) is 2.26. The van der Waals surface area contributed by atoms with Gasteiger partial charge in [0.25, 0.3) is 0 Å². The molecule has 0 aliphatic heterocycles. The Labute approximate surface area is 96.6 Å². The van der Waals surface area contributed by atoms with Crippen LogP contribution in [0.3, 0.4) is 0 Å². The lowest BCUT2D eigenvalue weighted by molar-refractivity contribution is 0.450. The second kappa shape index (κ2) is 4.88. The number of phenolic OH excluding ortho intramolecular Hbond substituents is 2. The maximum atomic E-state index is 9.80. The van der Waals surface area contributed by atoms with Crippen LogP contribution in [0.2, 0.25) is 0 Å². The van der Waals surface area contributed by atoms with E-state index in [0.29, 0.717) is 24.0 Å². The molecule has 16 heavy (non-hydrogen) atoms. The Morgan fingerprint density at radius 2 is 1.25 bits per heavy atom. The molecule has 2 nitrogen and oxygen atoms in total. The van der Waals surface area contributed by atoms with E-state index in [1.165, 1.54) is 0 Å². The fourth-order valence-corrected chi connectivity index (χ4v) is 1.60. The van der Waals surface area contributed by atoms with Gasteiger partial charge in [0.15, 0.2) is 0 Å². The second-order valence-electron chi connectivity index (χ2n) is 4.38. The summed E-state index contributed by atoms with van der Waals surface area (Å²) in [4.78, 5) is 0. The quantitative estimate of drug-likeness (QED) is 0.601. The standard InChI is InChI=1S/C14H18O2/c1-9(2)5-11-7-14(16)12(6-10(3)4)8-13(11)15/h7-8,15-16H,1,3,5-6H2,2,4H3. The minimum absolute atomic E-state index is 0.206. The Hall–Kier alpha value is -1.70. The maximum absolute atomic E-state index is 9.80. The van der Waals surface area contributed by atoms with E-state index in [0.717, 1.165) is 11.1 Å². The fraction of sp³-hybridized carbons (Fsp3) is 0.286. The van der Waals surface area contributed by atoms with Gasteiger partial charge in [-0.25, -0.2) is 0 Å². The van der Waals surface area contributed by atoms with Crippen LogP contribution in [0.1, 0.15) is 25.0 Å². The summed E-state index contributed by atoms with van der Waals surface area (Å²) in [5.41, 5.74) is 3.30. The smallest absolute Gasteiger partial charge is 0.119 e. The van der Waals surface area contributed by atoms with Gasteiger partial charge < -0.3 is 10.2 Å². The van der Waals surface area contributed by atoms with Crippen molar-refractivity contribution in [1.29, 1.82) is 0 Å². The first kappa shape index (κ1) is 12.4. The van der Waals surface area contributed by atoms with E-state index in [2.05, 4.69) is 13.2 Å². The van der Waals surface area contributed by atoms with Gasteiger partial charge in [0.1, 0.15) is 11.5 Å². The largest absolute Gasteiger partial charge is 0.508 e. The van der Waals surface area contributed by atoms with Gasteiger partial charge in [-0.2, -0.15) is 0 Å². The van der Waals surface area contributed by atoms with E-state index < -0.39 is 0 Å². The lowest BCUT2D eigenvalue weighted by atomic mass is 10.00. The second-order valence-corrected chi connectivity index (χ2v) is 4.38. The molecule has 0 aliphatic rings. The van der Waals surface area contributed by atoms with Crippen molar-refractivity contribution in [3.8, 4) is 11.5 Å². The van der Waals surface area contributed by atoms with Gasteiger partial charge in [-0.3, -0.25) is 0 Å². The molecule has 0 saturated carbocycles. The van der Waals surface area contributed by atoms with Crippen LogP contribution in [0.5, 0.6) is 11.5 Å². The van der Waals surface area contributed by atoms with E-state index in [1.807, 2.05) is 13.8 Å². The SMILES string of the molecule is C=C(C)Cc1cc(O)c(CC(=C)C)cc1O. The fourth-order valence-electron chi connectivity index (χ4n) is 1.60. The molecule has 0 spiro atoms. The third kappa shape index (κ3) is 3.16. The van der Waals surface area contributed by atoms with Gasteiger partial charge in [-0.1, -0.05) is 24.3 Å². The van der Waals surface area contributed by atoms with Crippen molar-refractivity contribution in [3.63, 3.8) is 0 Å². The van der Waals surface area contributed by atoms with Crippen LogP contribution in [0.25, 0.3) is 0 Å². The van der Waals surface area contributed by atoms with Crippen molar-refractivity contribution in [2.75, 3.05) is 0 Å². The van der Waals surface area contributed by atoms with Crippen molar-refractivity contribution in [2.24, 2.45) is 0 Å². The normalized spacial score (nSPS) is 10.1. The molecule has 0 aliphatic carbocycles. The van der Waals surface area contributed by atoms with Gasteiger partial charge in [-0.15, -0.1) is 0 Å². The predicted molar refractivity (Wildman–Crippen MR) is 66.8 cm³/mol. The summed E-state index contributed by atoms with van der Waals surface area (Å²) in [6.45, 7) is 11.3. The predicted octanol–water partition coefficient (Wildman–Crippen LogP) is 3.34. The number of phenols is 2. The maximum Gasteiger partial charge on any atom is 0.119 e. The molecule has 2 N–H and O–H groups in total. The average Bonchev–Trinajstić information content (AvgIpc) is 2.11. The number of allylic oxidation sites excluding steroid dienone is 2. The Kier molecular flexibility index (Phi) is 3.78. The van der Waals surface area contributed by atoms with Crippen molar-refractivity contribution in [3.05, 3.63) is 47.6 Å². The zero-order valence-corrected chi connectivity index (χ0v) is 9.88. The molecule has 1 aromatic rings. The molecule has 0 heterocycles. The lowest BCUT2D eigenvalue weighted by Gasteiger charge is -2.10. The zero-order valence-electron chi connectivity index (χ0n) is 9.88. The first-order valence-corrected chi connectivity index (χ1v) is 5.22. The van der Waals surface area contributed by atoms with Gasteiger partial charge in [-0.05, 0) is 38.8 Å².